The predicted molar refractivity (Wildman–Crippen MR) is 166 cm³/mol. The Kier molecular flexibility index (Phi) is 12.1. The van der Waals surface area contributed by atoms with Crippen molar-refractivity contribution >= 4 is 23.3 Å². The molecule has 46 heavy (non-hydrogen) atoms. The largest absolute Gasteiger partial charge is 0.625 e. The van der Waals surface area contributed by atoms with E-state index in [-0.39, 0.29) is 39.4 Å². The number of para-hydroxylation sites is 1. The molecule has 1 heterocycles. The van der Waals surface area contributed by atoms with Gasteiger partial charge >= 0.3 is 12.6 Å². The van der Waals surface area contributed by atoms with Crippen LogP contribution in [0.25, 0.3) is 5.32 Å². The molecule has 8 nitrogen and oxygen atoms in total. The number of hydrogen-bond acceptors (Lipinski definition) is 6. The summed E-state index contributed by atoms with van der Waals surface area (Å²) in [5.74, 6) is -1.84. The number of nitrogens with zero attached hydrogens (tertiary/aromatic N) is 3. The number of carbonyl (C=O) groups excluding carboxylic acids is 1. The Morgan fingerprint density at radius 1 is 0.913 bits per heavy atom. The molecule has 4 aromatic carbocycles. The van der Waals surface area contributed by atoms with Gasteiger partial charge in [0.25, 0.3) is 0 Å². The third-order valence-electron chi connectivity index (χ3n) is 7.58. The fourth-order valence-electron chi connectivity index (χ4n) is 5.40. The van der Waals surface area contributed by atoms with E-state index in [1.165, 1.54) is 24.3 Å². The zero-order chi connectivity index (χ0) is 31.8. The van der Waals surface area contributed by atoms with Crippen LogP contribution >= 0.6 is 0 Å². The van der Waals surface area contributed by atoms with E-state index >= 15 is 0 Å². The predicted octanol–water partition coefficient (Wildman–Crippen LogP) is 6.51. The number of carbonyl (C=O) groups is 2. The minimum Gasteiger partial charge on any atom is -0.625 e. The van der Waals surface area contributed by atoms with Gasteiger partial charge in [-0.3, -0.25) is 9.89 Å². The molecule has 2 N–H and O–H groups in total. The van der Waals surface area contributed by atoms with Gasteiger partial charge in [-0.15, -0.1) is 5.69 Å². The average molecular weight is 671 g/mol. The number of aliphatic hydroxyl groups excluding tert-OH is 1. The molecular weight excluding hydrogens is 639 g/mol. The number of aliphatic imine (C=N–C) groups is 1. The van der Waals surface area contributed by atoms with Crippen LogP contribution in [0.2, 0.25) is 0 Å². The fourth-order valence-corrected chi connectivity index (χ4v) is 5.40. The van der Waals surface area contributed by atoms with Gasteiger partial charge in [-0.2, -0.15) is 8.78 Å². The number of ether oxygens (including phenoxy) is 1. The van der Waals surface area contributed by atoms with E-state index in [9.17, 15) is 28.6 Å². The summed E-state index contributed by atoms with van der Waals surface area (Å²) < 4.78 is 29.5. The van der Waals surface area contributed by atoms with E-state index in [2.05, 4.69) is 19.9 Å². The first kappa shape index (κ1) is 34.4. The molecule has 0 spiro atoms. The SMILES string of the molecule is O=C(O)[C@H](N=C(c1ccccc1)c1ccccc1[N-]C(=O)[C@@H]1CCCN1Cc1ccccc1)[C@@H](O)c1ccc(OC(F)F)cc1.[Ni]. The average Bonchev–Trinajstić information content (AvgIpc) is 3.51. The second-order valence-electron chi connectivity index (χ2n) is 10.6. The maximum Gasteiger partial charge on any atom is 0.387 e. The first-order chi connectivity index (χ1) is 21.8. The number of aliphatic hydroxyl groups is 1. The van der Waals surface area contributed by atoms with Crippen molar-refractivity contribution in [1.82, 2.24) is 4.90 Å². The summed E-state index contributed by atoms with van der Waals surface area (Å²) in [6.07, 6.45) is -0.0896. The summed E-state index contributed by atoms with van der Waals surface area (Å²) in [5.41, 5.74) is 2.77. The van der Waals surface area contributed by atoms with Crippen LogP contribution < -0.4 is 4.74 Å². The maximum absolute atomic E-state index is 13.6. The number of benzene rings is 4. The van der Waals surface area contributed by atoms with Crippen LogP contribution in [0.15, 0.2) is 114 Å². The molecule has 1 aliphatic heterocycles. The molecule has 1 fully saturated rings. The van der Waals surface area contributed by atoms with Gasteiger partial charge in [-0.1, -0.05) is 97.1 Å². The van der Waals surface area contributed by atoms with Gasteiger partial charge in [-0.25, -0.2) is 4.79 Å². The Morgan fingerprint density at radius 3 is 2.20 bits per heavy atom. The number of amides is 1. The zero-order valence-corrected chi connectivity index (χ0v) is 25.6. The van der Waals surface area contributed by atoms with Gasteiger partial charge in [0.05, 0.1) is 17.7 Å². The van der Waals surface area contributed by atoms with Gasteiger partial charge in [0, 0.05) is 28.6 Å². The van der Waals surface area contributed by atoms with Crippen LogP contribution in [-0.2, 0) is 32.6 Å². The number of likely N-dealkylation sites (tertiary alicyclic amines) is 1. The number of hydrogen-bond donors (Lipinski definition) is 2. The molecule has 5 rings (SSSR count). The molecule has 0 bridgehead atoms. The minimum absolute atomic E-state index is 0. The van der Waals surface area contributed by atoms with Crippen LogP contribution in [0.1, 0.15) is 41.2 Å². The van der Waals surface area contributed by atoms with E-state index in [0.717, 1.165) is 18.5 Å². The number of carboxylic acid groups (broad SMARTS) is 1. The normalized spacial score (nSPS) is 16.3. The van der Waals surface area contributed by atoms with Crippen LogP contribution in [0.4, 0.5) is 14.5 Å². The second-order valence-corrected chi connectivity index (χ2v) is 10.6. The van der Waals surface area contributed by atoms with Crippen LogP contribution in [0.3, 0.4) is 0 Å². The van der Waals surface area contributed by atoms with Gasteiger partial charge in [0.1, 0.15) is 11.9 Å². The fraction of sp³-hybridized carbons (Fsp3) is 0.229. The molecule has 1 aliphatic rings. The number of rotatable bonds is 12. The van der Waals surface area contributed by atoms with Crippen molar-refractivity contribution in [2.45, 2.75) is 44.2 Å². The van der Waals surface area contributed by atoms with Gasteiger partial charge < -0.3 is 25.1 Å². The molecule has 11 heteroatoms. The van der Waals surface area contributed by atoms with Crippen molar-refractivity contribution in [3.63, 3.8) is 0 Å². The quantitative estimate of drug-likeness (QED) is 0.131. The van der Waals surface area contributed by atoms with E-state index in [4.69, 9.17) is 0 Å². The number of alkyl halides is 2. The molecule has 0 radical (unpaired) electrons. The standard InChI is InChI=1S/C35H33F2N3O5.Ni/c36-35(37)45-26-19-17-25(18-20-26)32(41)31(34(43)44)39-30(24-12-5-2-6-13-24)27-14-7-8-15-28(27)38-33(42)29-16-9-21-40(29)22-23-10-3-1-4-11-23;/h1-8,10-15,17-20,29,31-32,35,41H,9,16,21-22H2,(H2,38,39,42,43,44);/p-1/t29-,31+,32-;/m0./s1. The third-order valence-corrected chi connectivity index (χ3v) is 7.58. The van der Waals surface area contributed by atoms with Crippen molar-refractivity contribution < 1.29 is 49.8 Å². The third kappa shape index (κ3) is 8.63. The van der Waals surface area contributed by atoms with E-state index in [1.807, 2.05) is 30.3 Å². The molecular formula is C35H32F2N3NiO5-. The van der Waals surface area contributed by atoms with Crippen molar-refractivity contribution in [2.75, 3.05) is 6.54 Å². The number of carboxylic acids is 1. The van der Waals surface area contributed by atoms with E-state index < -0.39 is 30.8 Å². The first-order valence-electron chi connectivity index (χ1n) is 14.5. The Morgan fingerprint density at radius 2 is 1.54 bits per heavy atom. The number of halogens is 2. The van der Waals surface area contributed by atoms with Crippen molar-refractivity contribution in [3.8, 4) is 5.75 Å². The minimum atomic E-state index is -3.02. The summed E-state index contributed by atoms with van der Waals surface area (Å²) in [4.78, 5) is 32.7. The van der Waals surface area contributed by atoms with Crippen LogP contribution in [0, 0.1) is 0 Å². The Labute approximate surface area is 275 Å². The number of aliphatic carboxylic acids is 1. The Balaban J connectivity index is 0.00000480. The molecule has 0 unspecified atom stereocenters. The van der Waals surface area contributed by atoms with Crippen LogP contribution in [-0.4, -0.2) is 57.9 Å². The molecule has 1 amide bonds. The smallest absolute Gasteiger partial charge is 0.387 e. The van der Waals surface area contributed by atoms with Crippen LogP contribution in [0.5, 0.6) is 5.75 Å². The molecule has 1 saturated heterocycles. The molecule has 0 aromatic heterocycles. The zero-order valence-electron chi connectivity index (χ0n) is 24.6. The first-order valence-corrected chi connectivity index (χ1v) is 14.5. The molecule has 3 atom stereocenters. The van der Waals surface area contributed by atoms with Gasteiger partial charge in [-0.05, 0) is 48.2 Å². The molecule has 242 valence electrons. The van der Waals surface area contributed by atoms with E-state index in [1.54, 1.807) is 54.6 Å². The van der Waals surface area contributed by atoms with Gasteiger partial charge in [0.15, 0.2) is 6.04 Å². The molecule has 0 aliphatic carbocycles. The summed E-state index contributed by atoms with van der Waals surface area (Å²) in [7, 11) is 0. The van der Waals surface area contributed by atoms with E-state index in [0.29, 0.717) is 29.8 Å². The molecule has 4 aromatic rings. The maximum atomic E-state index is 13.6. The Hall–Kier alpha value is -4.44. The van der Waals surface area contributed by atoms with Crippen molar-refractivity contribution in [2.24, 2.45) is 4.99 Å². The molecule has 0 saturated carbocycles. The summed E-state index contributed by atoms with van der Waals surface area (Å²) in [5, 5.41) is 25.8. The van der Waals surface area contributed by atoms with Gasteiger partial charge in [0.2, 0.25) is 0 Å². The summed E-state index contributed by atoms with van der Waals surface area (Å²) >= 11 is 0. The monoisotopic (exact) mass is 670 g/mol. The van der Waals surface area contributed by atoms with Crippen molar-refractivity contribution in [1.29, 1.82) is 0 Å². The topological polar surface area (TPSA) is 114 Å². The van der Waals surface area contributed by atoms with Crippen molar-refractivity contribution in [3.05, 3.63) is 137 Å². The summed E-state index contributed by atoms with van der Waals surface area (Å²) in [6, 6.07) is 28.6. The summed E-state index contributed by atoms with van der Waals surface area (Å²) in [6.45, 7) is -1.63. The Bertz CT molecular complexity index is 1620. The second kappa shape index (κ2) is 16.2.